The predicted octanol–water partition coefficient (Wildman–Crippen LogP) is 5.55. The quantitative estimate of drug-likeness (QED) is 0.420. The lowest BCUT2D eigenvalue weighted by molar-refractivity contribution is 0.105. The lowest BCUT2D eigenvalue weighted by Crippen LogP contribution is -2.49. The van der Waals surface area contributed by atoms with Crippen molar-refractivity contribution in [1.29, 1.82) is 5.26 Å². The molecule has 174 valence electrons. The Morgan fingerprint density at radius 1 is 1.00 bits per heavy atom. The van der Waals surface area contributed by atoms with Gasteiger partial charge in [0.1, 0.15) is 6.07 Å². The van der Waals surface area contributed by atoms with Crippen LogP contribution in [0.15, 0.2) is 83.8 Å². The molecule has 0 aliphatic carbocycles. The van der Waals surface area contributed by atoms with E-state index < -0.39 is 0 Å². The van der Waals surface area contributed by atoms with Gasteiger partial charge in [-0.15, -0.1) is 0 Å². The van der Waals surface area contributed by atoms with Gasteiger partial charge in [0.2, 0.25) is 0 Å². The zero-order valence-corrected chi connectivity index (χ0v) is 20.1. The second-order valence-corrected chi connectivity index (χ2v) is 9.01. The number of ether oxygens (including phenoxy) is 1. The standard InChI is InChI=1S/C27H28N4O2S/c1-2-33-27(32)30-17-15-29(16-18-30)26-14-13-24(19-23(26)20-28)31(21-22-9-5-3-6-10-22)34-25-11-7-4-8-12-25/h3-14,19H,2,15-18,21H2,1H3. The van der Waals surface area contributed by atoms with Crippen molar-refractivity contribution < 1.29 is 9.53 Å². The molecule has 7 heteroatoms. The van der Waals surface area contributed by atoms with E-state index >= 15 is 0 Å². The van der Waals surface area contributed by atoms with Crippen molar-refractivity contribution in [3.05, 3.63) is 90.0 Å². The monoisotopic (exact) mass is 472 g/mol. The average Bonchev–Trinajstić information content (AvgIpc) is 2.89. The maximum Gasteiger partial charge on any atom is 0.409 e. The Hall–Kier alpha value is -3.63. The van der Waals surface area contributed by atoms with Crippen LogP contribution in [0.25, 0.3) is 0 Å². The van der Waals surface area contributed by atoms with Crippen LogP contribution in [0.4, 0.5) is 16.2 Å². The smallest absolute Gasteiger partial charge is 0.409 e. The van der Waals surface area contributed by atoms with Gasteiger partial charge in [-0.1, -0.05) is 48.5 Å². The van der Waals surface area contributed by atoms with Crippen molar-refractivity contribution in [1.82, 2.24) is 4.90 Å². The van der Waals surface area contributed by atoms with E-state index in [-0.39, 0.29) is 6.09 Å². The van der Waals surface area contributed by atoms with Gasteiger partial charge in [-0.25, -0.2) is 4.79 Å². The van der Waals surface area contributed by atoms with E-state index in [2.05, 4.69) is 45.6 Å². The number of hydrogen-bond donors (Lipinski definition) is 0. The normalized spacial score (nSPS) is 13.3. The molecule has 34 heavy (non-hydrogen) atoms. The summed E-state index contributed by atoms with van der Waals surface area (Å²) in [6.45, 7) is 5.39. The topological polar surface area (TPSA) is 59.8 Å². The molecule has 1 aliphatic rings. The number of carbonyl (C=O) groups is 1. The van der Waals surface area contributed by atoms with Crippen LogP contribution >= 0.6 is 11.9 Å². The second kappa shape index (κ2) is 11.5. The van der Waals surface area contributed by atoms with Gasteiger partial charge in [0.25, 0.3) is 0 Å². The first-order valence-electron chi connectivity index (χ1n) is 11.4. The number of amides is 1. The molecule has 6 nitrogen and oxygen atoms in total. The summed E-state index contributed by atoms with van der Waals surface area (Å²) in [5.41, 5.74) is 3.71. The van der Waals surface area contributed by atoms with E-state index in [1.807, 2.05) is 55.5 Å². The minimum absolute atomic E-state index is 0.271. The first kappa shape index (κ1) is 23.5. The largest absolute Gasteiger partial charge is 0.450 e. The SMILES string of the molecule is CCOC(=O)N1CCN(c2ccc(N(Cc3ccccc3)Sc3ccccc3)cc2C#N)CC1. The van der Waals surface area contributed by atoms with E-state index in [4.69, 9.17) is 4.74 Å². The highest BCUT2D eigenvalue weighted by Gasteiger charge is 2.24. The summed E-state index contributed by atoms with van der Waals surface area (Å²) in [7, 11) is 0. The molecule has 1 aliphatic heterocycles. The van der Waals surface area contributed by atoms with E-state index in [0.717, 1.165) is 16.3 Å². The predicted molar refractivity (Wildman–Crippen MR) is 137 cm³/mol. The van der Waals surface area contributed by atoms with Crippen molar-refractivity contribution >= 4 is 29.4 Å². The number of nitrogens with zero attached hydrogens (tertiary/aromatic N) is 4. The average molecular weight is 473 g/mol. The van der Waals surface area contributed by atoms with Crippen molar-refractivity contribution in [3.63, 3.8) is 0 Å². The third-order valence-corrected chi connectivity index (χ3v) is 6.71. The summed E-state index contributed by atoms with van der Waals surface area (Å²) >= 11 is 1.66. The highest BCUT2D eigenvalue weighted by Crippen LogP contribution is 2.34. The molecule has 0 bridgehead atoms. The van der Waals surface area contributed by atoms with Crippen molar-refractivity contribution in [3.8, 4) is 6.07 Å². The molecule has 0 spiro atoms. The van der Waals surface area contributed by atoms with E-state index in [1.54, 1.807) is 16.8 Å². The Morgan fingerprint density at radius 2 is 1.68 bits per heavy atom. The van der Waals surface area contributed by atoms with Gasteiger partial charge in [-0.05, 0) is 54.8 Å². The fourth-order valence-corrected chi connectivity index (χ4v) is 4.89. The van der Waals surface area contributed by atoms with Crippen LogP contribution in [-0.4, -0.2) is 43.8 Å². The van der Waals surface area contributed by atoms with Crippen LogP contribution in [-0.2, 0) is 11.3 Å². The van der Waals surface area contributed by atoms with Crippen molar-refractivity contribution in [2.75, 3.05) is 42.0 Å². The van der Waals surface area contributed by atoms with Crippen LogP contribution in [0.1, 0.15) is 18.1 Å². The number of benzene rings is 3. The molecular weight excluding hydrogens is 444 g/mol. The summed E-state index contributed by atoms with van der Waals surface area (Å²) in [5, 5.41) is 9.96. The number of anilines is 2. The van der Waals surface area contributed by atoms with Gasteiger partial charge in [0.15, 0.2) is 0 Å². The van der Waals surface area contributed by atoms with E-state index in [1.165, 1.54) is 5.56 Å². The van der Waals surface area contributed by atoms with E-state index in [0.29, 0.717) is 44.9 Å². The van der Waals surface area contributed by atoms with Gasteiger partial charge in [-0.3, -0.25) is 0 Å². The Kier molecular flexibility index (Phi) is 7.95. The molecule has 0 N–H and O–H groups in total. The highest BCUT2D eigenvalue weighted by molar-refractivity contribution is 8.00. The maximum atomic E-state index is 12.0. The number of nitriles is 1. The summed E-state index contributed by atoms with van der Waals surface area (Å²) < 4.78 is 7.33. The Bertz CT molecular complexity index is 1080. The zero-order chi connectivity index (χ0) is 23.8. The molecule has 3 aromatic carbocycles. The van der Waals surface area contributed by atoms with Crippen LogP contribution in [0.2, 0.25) is 0 Å². The van der Waals surface area contributed by atoms with Crippen molar-refractivity contribution in [2.24, 2.45) is 0 Å². The molecule has 1 saturated heterocycles. The molecule has 4 rings (SSSR count). The van der Waals surface area contributed by atoms with Crippen molar-refractivity contribution in [2.45, 2.75) is 18.4 Å². The van der Waals surface area contributed by atoms with Gasteiger partial charge >= 0.3 is 6.09 Å². The first-order chi connectivity index (χ1) is 16.7. The van der Waals surface area contributed by atoms with Gasteiger partial charge < -0.3 is 18.8 Å². The van der Waals surface area contributed by atoms with Gasteiger partial charge in [0, 0.05) is 36.8 Å². The molecular formula is C27H28N4O2S. The minimum atomic E-state index is -0.271. The third kappa shape index (κ3) is 5.83. The Morgan fingerprint density at radius 3 is 2.32 bits per heavy atom. The van der Waals surface area contributed by atoms with Crippen LogP contribution in [0.5, 0.6) is 0 Å². The maximum absolute atomic E-state index is 12.0. The molecule has 0 aromatic heterocycles. The highest BCUT2D eigenvalue weighted by atomic mass is 32.2. The third-order valence-electron chi connectivity index (χ3n) is 5.66. The summed E-state index contributed by atoms with van der Waals surface area (Å²) in [6, 6.07) is 29.0. The van der Waals surface area contributed by atoms with Gasteiger partial charge in [0.05, 0.1) is 24.4 Å². The Balaban J connectivity index is 1.55. The molecule has 0 radical (unpaired) electrons. The number of piperazine rings is 1. The fourth-order valence-electron chi connectivity index (χ4n) is 3.92. The molecule has 3 aromatic rings. The summed E-state index contributed by atoms with van der Waals surface area (Å²) in [5.74, 6) is 0. The first-order valence-corrected chi connectivity index (χ1v) is 12.2. The lowest BCUT2D eigenvalue weighted by Gasteiger charge is -2.36. The summed E-state index contributed by atoms with van der Waals surface area (Å²) in [6.07, 6.45) is -0.271. The van der Waals surface area contributed by atoms with E-state index in [9.17, 15) is 10.1 Å². The zero-order valence-electron chi connectivity index (χ0n) is 19.3. The molecule has 1 heterocycles. The Labute approximate surface area is 205 Å². The lowest BCUT2D eigenvalue weighted by atomic mass is 10.1. The number of carbonyl (C=O) groups excluding carboxylic acids is 1. The van der Waals surface area contributed by atoms with Crippen LogP contribution in [0.3, 0.4) is 0 Å². The van der Waals surface area contributed by atoms with Crippen LogP contribution in [0, 0.1) is 11.3 Å². The molecule has 1 amide bonds. The molecule has 0 atom stereocenters. The molecule has 0 saturated carbocycles. The number of hydrogen-bond acceptors (Lipinski definition) is 6. The number of rotatable bonds is 7. The van der Waals surface area contributed by atoms with Crippen LogP contribution < -0.4 is 9.21 Å². The molecule has 0 unspecified atom stereocenters. The minimum Gasteiger partial charge on any atom is -0.450 e. The fraction of sp³-hybridized carbons (Fsp3) is 0.259. The molecule has 1 fully saturated rings. The van der Waals surface area contributed by atoms with Gasteiger partial charge in [-0.2, -0.15) is 5.26 Å². The summed E-state index contributed by atoms with van der Waals surface area (Å²) in [4.78, 5) is 17.0. The second-order valence-electron chi connectivity index (χ2n) is 7.91.